The highest BCUT2D eigenvalue weighted by Crippen LogP contribution is 2.03. The lowest BCUT2D eigenvalue weighted by Crippen LogP contribution is -2.25. The van der Waals surface area contributed by atoms with E-state index in [0.717, 1.165) is 13.1 Å². The number of hydrogen-bond donors (Lipinski definition) is 2. The van der Waals surface area contributed by atoms with Crippen molar-refractivity contribution in [1.29, 1.82) is 0 Å². The van der Waals surface area contributed by atoms with Crippen molar-refractivity contribution in [3.8, 4) is 0 Å². The van der Waals surface area contributed by atoms with Gasteiger partial charge in [0.2, 0.25) is 0 Å². The maximum Gasteiger partial charge on any atom is -0.00214 e. The fourth-order valence-electron chi connectivity index (χ4n) is 2.28. The van der Waals surface area contributed by atoms with Crippen molar-refractivity contribution in [2.45, 2.75) is 78.6 Å². The molecule has 0 saturated heterocycles. The van der Waals surface area contributed by atoms with Crippen molar-refractivity contribution in [2.75, 3.05) is 32.7 Å². The average Bonchev–Trinajstić information content (AvgIpc) is 2.44. The third kappa shape index (κ3) is 20.2. The Bertz CT molecular complexity index is 129. The van der Waals surface area contributed by atoms with Gasteiger partial charge in [-0.15, -0.1) is 0 Å². The van der Waals surface area contributed by atoms with E-state index in [1.54, 1.807) is 0 Å². The van der Waals surface area contributed by atoms with Gasteiger partial charge in [0.25, 0.3) is 0 Å². The summed E-state index contributed by atoms with van der Waals surface area (Å²) in [5, 5.41) is 0. The summed E-state index contributed by atoms with van der Waals surface area (Å²) in [6.45, 7) is 12.3. The van der Waals surface area contributed by atoms with Crippen molar-refractivity contribution in [1.82, 2.24) is 4.90 Å². The molecule has 4 N–H and O–H groups in total. The van der Waals surface area contributed by atoms with E-state index in [-0.39, 0.29) is 0 Å². The van der Waals surface area contributed by atoms with Gasteiger partial charge in [-0.3, -0.25) is 0 Å². The Morgan fingerprint density at radius 1 is 0.550 bits per heavy atom. The van der Waals surface area contributed by atoms with Crippen LogP contribution in [0.25, 0.3) is 0 Å². The highest BCUT2D eigenvalue weighted by molar-refractivity contribution is 4.53. The van der Waals surface area contributed by atoms with Gasteiger partial charge in [0, 0.05) is 0 Å². The van der Waals surface area contributed by atoms with Crippen LogP contribution in [-0.4, -0.2) is 37.6 Å². The number of rotatable bonds is 13. The van der Waals surface area contributed by atoms with Gasteiger partial charge < -0.3 is 16.4 Å². The van der Waals surface area contributed by atoms with Crippen molar-refractivity contribution < 1.29 is 0 Å². The summed E-state index contributed by atoms with van der Waals surface area (Å²) in [6.07, 6.45) is 11.5. The molecule has 3 nitrogen and oxygen atoms in total. The van der Waals surface area contributed by atoms with Gasteiger partial charge in [0.15, 0.2) is 0 Å². The first-order valence-corrected chi connectivity index (χ1v) is 8.89. The van der Waals surface area contributed by atoms with E-state index in [0.29, 0.717) is 0 Å². The van der Waals surface area contributed by atoms with Gasteiger partial charge >= 0.3 is 0 Å². The van der Waals surface area contributed by atoms with Crippen molar-refractivity contribution in [3.63, 3.8) is 0 Å². The third-order valence-corrected chi connectivity index (χ3v) is 3.28. The molecule has 0 saturated carbocycles. The van der Waals surface area contributed by atoms with E-state index in [9.17, 15) is 0 Å². The van der Waals surface area contributed by atoms with E-state index >= 15 is 0 Å². The molecule has 0 aliphatic carbocycles. The molecule has 0 spiro atoms. The smallest absolute Gasteiger partial charge is 0.00214 e. The highest BCUT2D eigenvalue weighted by atomic mass is 15.1. The SMILES string of the molecule is CCCN(CCC)CCC.NCCCCCCCCN. The number of nitrogens with two attached hydrogens (primary N) is 2. The second-order valence-electron chi connectivity index (χ2n) is 5.54. The minimum Gasteiger partial charge on any atom is -0.330 e. The van der Waals surface area contributed by atoms with E-state index in [4.69, 9.17) is 11.5 Å². The molecular weight excluding hydrogens is 246 g/mol. The third-order valence-electron chi connectivity index (χ3n) is 3.28. The van der Waals surface area contributed by atoms with Crippen LogP contribution in [-0.2, 0) is 0 Å². The Morgan fingerprint density at radius 3 is 1.10 bits per heavy atom. The fourth-order valence-corrected chi connectivity index (χ4v) is 2.28. The Labute approximate surface area is 128 Å². The summed E-state index contributed by atoms with van der Waals surface area (Å²) < 4.78 is 0. The first kappa shape index (κ1) is 22.2. The standard InChI is InChI=1S/C9H21N.C8H20N2/c1-4-7-10(8-5-2)9-6-3;9-7-5-3-1-2-4-6-8-10/h4-9H2,1-3H3;1-10H2. The number of unbranched alkanes of at least 4 members (excludes halogenated alkanes) is 5. The van der Waals surface area contributed by atoms with Crippen LogP contribution in [0.3, 0.4) is 0 Å². The van der Waals surface area contributed by atoms with Crippen LogP contribution in [0.4, 0.5) is 0 Å². The van der Waals surface area contributed by atoms with Crippen LogP contribution < -0.4 is 11.5 Å². The molecule has 20 heavy (non-hydrogen) atoms. The summed E-state index contributed by atoms with van der Waals surface area (Å²) in [7, 11) is 0. The Morgan fingerprint density at radius 2 is 0.850 bits per heavy atom. The molecule has 0 fully saturated rings. The van der Waals surface area contributed by atoms with Gasteiger partial charge in [0.05, 0.1) is 0 Å². The van der Waals surface area contributed by atoms with Crippen molar-refractivity contribution >= 4 is 0 Å². The Balaban J connectivity index is 0. The van der Waals surface area contributed by atoms with Crippen LogP contribution in [0.2, 0.25) is 0 Å². The van der Waals surface area contributed by atoms with Crippen LogP contribution in [0, 0.1) is 0 Å². The van der Waals surface area contributed by atoms with E-state index in [1.165, 1.54) is 77.4 Å². The first-order valence-electron chi connectivity index (χ1n) is 8.89. The molecule has 124 valence electrons. The van der Waals surface area contributed by atoms with Crippen LogP contribution in [0.5, 0.6) is 0 Å². The molecule has 0 amide bonds. The lowest BCUT2D eigenvalue weighted by Gasteiger charge is -2.19. The number of hydrogen-bond acceptors (Lipinski definition) is 3. The molecule has 0 heterocycles. The number of nitrogens with zero attached hydrogens (tertiary/aromatic N) is 1. The lowest BCUT2D eigenvalue weighted by atomic mass is 10.1. The molecule has 0 aliphatic heterocycles. The molecular formula is C17H41N3. The average molecular weight is 288 g/mol. The first-order chi connectivity index (χ1) is 9.76. The summed E-state index contributed by atoms with van der Waals surface area (Å²) in [5.74, 6) is 0. The van der Waals surface area contributed by atoms with Crippen LogP contribution in [0.15, 0.2) is 0 Å². The van der Waals surface area contributed by atoms with Gasteiger partial charge in [-0.2, -0.15) is 0 Å². The largest absolute Gasteiger partial charge is 0.330 e. The molecule has 0 atom stereocenters. The van der Waals surface area contributed by atoms with Gasteiger partial charge in [-0.25, -0.2) is 0 Å². The maximum absolute atomic E-state index is 5.35. The predicted octanol–water partition coefficient (Wildman–Crippen LogP) is 3.76. The molecule has 0 aromatic carbocycles. The molecule has 0 radical (unpaired) electrons. The molecule has 0 aromatic rings. The minimum atomic E-state index is 0.844. The van der Waals surface area contributed by atoms with Gasteiger partial charge in [-0.05, 0) is 64.8 Å². The highest BCUT2D eigenvalue weighted by Gasteiger charge is 1.98. The van der Waals surface area contributed by atoms with Crippen LogP contribution >= 0.6 is 0 Å². The second-order valence-corrected chi connectivity index (χ2v) is 5.54. The topological polar surface area (TPSA) is 55.3 Å². The lowest BCUT2D eigenvalue weighted by molar-refractivity contribution is 0.275. The molecule has 0 unspecified atom stereocenters. The summed E-state index contributed by atoms with van der Waals surface area (Å²) in [6, 6.07) is 0. The summed E-state index contributed by atoms with van der Waals surface area (Å²) in [5.41, 5.74) is 10.7. The quantitative estimate of drug-likeness (QED) is 0.507. The molecule has 0 rings (SSSR count). The molecule has 0 aliphatic rings. The van der Waals surface area contributed by atoms with Gasteiger partial charge in [0.1, 0.15) is 0 Å². The van der Waals surface area contributed by atoms with E-state index in [2.05, 4.69) is 25.7 Å². The minimum absolute atomic E-state index is 0.844. The zero-order chi connectivity index (χ0) is 15.5. The fraction of sp³-hybridized carbons (Fsp3) is 1.00. The van der Waals surface area contributed by atoms with E-state index < -0.39 is 0 Å². The molecule has 0 bridgehead atoms. The van der Waals surface area contributed by atoms with Crippen LogP contribution in [0.1, 0.15) is 78.6 Å². The Hall–Kier alpha value is -0.120. The van der Waals surface area contributed by atoms with E-state index in [1.807, 2.05) is 0 Å². The summed E-state index contributed by atoms with van der Waals surface area (Å²) in [4.78, 5) is 2.54. The predicted molar refractivity (Wildman–Crippen MR) is 93.1 cm³/mol. The van der Waals surface area contributed by atoms with Crippen molar-refractivity contribution in [2.24, 2.45) is 11.5 Å². The zero-order valence-electron chi connectivity index (χ0n) is 14.5. The Kier molecular flexibility index (Phi) is 23.5. The normalized spacial score (nSPS) is 10.5. The summed E-state index contributed by atoms with van der Waals surface area (Å²) >= 11 is 0. The second kappa shape index (κ2) is 21.2. The maximum atomic E-state index is 5.35. The molecule has 3 heteroatoms. The van der Waals surface area contributed by atoms with Crippen molar-refractivity contribution in [3.05, 3.63) is 0 Å². The zero-order valence-corrected chi connectivity index (χ0v) is 14.5. The monoisotopic (exact) mass is 287 g/mol. The molecule has 0 aromatic heterocycles. The van der Waals surface area contributed by atoms with Gasteiger partial charge in [-0.1, -0.05) is 46.5 Å².